The topological polar surface area (TPSA) is 78.9 Å². The molecule has 4 nitrogen and oxygen atoms in total. The van der Waals surface area contributed by atoms with E-state index >= 15 is 0 Å². The van der Waals surface area contributed by atoms with Crippen molar-refractivity contribution in [3.8, 4) is 6.07 Å². The summed E-state index contributed by atoms with van der Waals surface area (Å²) in [6.45, 7) is 0. The molecule has 106 valence electrons. The number of carbonyl (C=O) groups excluding carboxylic acids is 1. The number of halogens is 2. The number of carbonyl (C=O) groups is 1. The second-order valence-electron chi connectivity index (χ2n) is 4.34. The van der Waals surface area contributed by atoms with Gasteiger partial charge in [0, 0.05) is 10.7 Å². The molecule has 0 radical (unpaired) electrons. The molecule has 2 aromatic carbocycles. The Bertz CT molecular complexity index is 727. The van der Waals surface area contributed by atoms with Crippen molar-refractivity contribution in [3.05, 3.63) is 64.4 Å². The van der Waals surface area contributed by atoms with Crippen molar-refractivity contribution in [2.24, 2.45) is 5.73 Å². The van der Waals surface area contributed by atoms with Gasteiger partial charge in [-0.1, -0.05) is 23.7 Å². The van der Waals surface area contributed by atoms with Gasteiger partial charge in [-0.05, 0) is 35.9 Å². The molecule has 1 atom stereocenters. The molecule has 0 saturated heterocycles. The van der Waals surface area contributed by atoms with E-state index in [0.717, 1.165) is 6.07 Å². The minimum Gasteiger partial charge on any atom is -0.370 e. The summed E-state index contributed by atoms with van der Waals surface area (Å²) in [6.07, 6.45) is 0. The standard InChI is InChI=1S/C15H11ClFN3O/c16-11-2-1-3-12(7-11)20-14(15(19)21)9-4-5-13(17)10(6-9)8-18/h1-7,14,20H,(H2,19,21). The summed E-state index contributed by atoms with van der Waals surface area (Å²) in [5.74, 6) is -1.29. The van der Waals surface area contributed by atoms with Gasteiger partial charge in [-0.25, -0.2) is 4.39 Å². The normalized spacial score (nSPS) is 11.5. The predicted molar refractivity (Wildman–Crippen MR) is 78.1 cm³/mol. The quantitative estimate of drug-likeness (QED) is 0.911. The van der Waals surface area contributed by atoms with Crippen LogP contribution in [0.4, 0.5) is 10.1 Å². The monoisotopic (exact) mass is 303 g/mol. The fraction of sp³-hybridized carbons (Fsp3) is 0.0667. The molecule has 1 amide bonds. The molecule has 2 rings (SSSR count). The van der Waals surface area contributed by atoms with Crippen LogP contribution < -0.4 is 11.1 Å². The first-order valence-electron chi connectivity index (χ1n) is 6.02. The molecule has 21 heavy (non-hydrogen) atoms. The number of primary amides is 1. The van der Waals surface area contributed by atoms with Crippen LogP contribution in [0.15, 0.2) is 42.5 Å². The Morgan fingerprint density at radius 1 is 1.33 bits per heavy atom. The lowest BCUT2D eigenvalue weighted by atomic mass is 10.0. The summed E-state index contributed by atoms with van der Waals surface area (Å²) >= 11 is 5.87. The first-order chi connectivity index (χ1) is 10.0. The van der Waals surface area contributed by atoms with Gasteiger partial charge in [-0.15, -0.1) is 0 Å². The van der Waals surface area contributed by atoms with Gasteiger partial charge in [0.2, 0.25) is 5.91 Å². The average Bonchev–Trinajstić information content (AvgIpc) is 2.45. The number of nitrogens with one attached hydrogen (secondary N) is 1. The molecule has 1 unspecified atom stereocenters. The van der Waals surface area contributed by atoms with E-state index in [9.17, 15) is 9.18 Å². The number of rotatable bonds is 4. The molecule has 0 aliphatic carbocycles. The van der Waals surface area contributed by atoms with Crippen LogP contribution in [0.25, 0.3) is 0 Å². The molecule has 0 spiro atoms. The Labute approximate surface area is 125 Å². The molecule has 0 saturated carbocycles. The van der Waals surface area contributed by atoms with Crippen molar-refractivity contribution in [3.63, 3.8) is 0 Å². The molecular formula is C15H11ClFN3O. The molecule has 0 aliphatic heterocycles. The van der Waals surface area contributed by atoms with Crippen molar-refractivity contribution in [2.45, 2.75) is 6.04 Å². The lowest BCUT2D eigenvalue weighted by Crippen LogP contribution is -2.27. The second-order valence-corrected chi connectivity index (χ2v) is 4.78. The van der Waals surface area contributed by atoms with Gasteiger partial charge < -0.3 is 11.1 Å². The summed E-state index contributed by atoms with van der Waals surface area (Å²) < 4.78 is 13.3. The van der Waals surface area contributed by atoms with Crippen LogP contribution in [-0.2, 0) is 4.79 Å². The Hall–Kier alpha value is -2.58. The Balaban J connectivity index is 2.36. The Morgan fingerprint density at radius 2 is 2.10 bits per heavy atom. The number of nitrogens with zero attached hydrogens (tertiary/aromatic N) is 1. The second kappa shape index (κ2) is 6.25. The van der Waals surface area contributed by atoms with Gasteiger partial charge in [0.1, 0.15) is 17.9 Å². The number of anilines is 1. The average molecular weight is 304 g/mol. The Morgan fingerprint density at radius 3 is 2.71 bits per heavy atom. The Kier molecular flexibility index (Phi) is 4.41. The number of amides is 1. The van der Waals surface area contributed by atoms with E-state index in [1.165, 1.54) is 12.1 Å². The highest BCUT2D eigenvalue weighted by Gasteiger charge is 2.19. The van der Waals surface area contributed by atoms with E-state index in [4.69, 9.17) is 22.6 Å². The third-order valence-corrected chi connectivity index (χ3v) is 3.10. The van der Waals surface area contributed by atoms with Crippen molar-refractivity contribution in [1.82, 2.24) is 0 Å². The molecule has 0 aromatic heterocycles. The van der Waals surface area contributed by atoms with E-state index < -0.39 is 17.8 Å². The first-order valence-corrected chi connectivity index (χ1v) is 6.40. The van der Waals surface area contributed by atoms with Gasteiger partial charge in [-0.2, -0.15) is 5.26 Å². The van der Waals surface area contributed by atoms with Crippen LogP contribution in [0, 0.1) is 17.1 Å². The minimum absolute atomic E-state index is 0.147. The maximum Gasteiger partial charge on any atom is 0.244 e. The van der Waals surface area contributed by atoms with Gasteiger partial charge in [0.05, 0.1) is 5.56 Å². The van der Waals surface area contributed by atoms with E-state index in [2.05, 4.69) is 5.32 Å². The van der Waals surface area contributed by atoms with E-state index in [0.29, 0.717) is 16.3 Å². The van der Waals surface area contributed by atoms with Gasteiger partial charge in [0.15, 0.2) is 0 Å². The maximum absolute atomic E-state index is 13.3. The van der Waals surface area contributed by atoms with E-state index in [-0.39, 0.29) is 5.56 Å². The van der Waals surface area contributed by atoms with E-state index in [1.54, 1.807) is 30.3 Å². The summed E-state index contributed by atoms with van der Waals surface area (Å²) in [6, 6.07) is 11.4. The highest BCUT2D eigenvalue weighted by Crippen LogP contribution is 2.23. The molecular weight excluding hydrogens is 293 g/mol. The van der Waals surface area contributed by atoms with Crippen LogP contribution in [-0.4, -0.2) is 5.91 Å². The SMILES string of the molecule is N#Cc1cc(C(Nc2cccc(Cl)c2)C(N)=O)ccc1F. The third-order valence-electron chi connectivity index (χ3n) is 2.86. The highest BCUT2D eigenvalue weighted by molar-refractivity contribution is 6.30. The fourth-order valence-electron chi connectivity index (χ4n) is 1.87. The number of nitrogens with two attached hydrogens (primary N) is 1. The van der Waals surface area contributed by atoms with Crippen molar-refractivity contribution in [2.75, 3.05) is 5.32 Å². The zero-order valence-electron chi connectivity index (χ0n) is 10.8. The zero-order valence-corrected chi connectivity index (χ0v) is 11.6. The van der Waals surface area contributed by atoms with Crippen LogP contribution >= 0.6 is 11.6 Å². The smallest absolute Gasteiger partial charge is 0.244 e. The summed E-state index contributed by atoms with van der Waals surface area (Å²) in [4.78, 5) is 11.6. The van der Waals surface area contributed by atoms with Crippen molar-refractivity contribution in [1.29, 1.82) is 5.26 Å². The van der Waals surface area contributed by atoms with Crippen LogP contribution in [0.5, 0.6) is 0 Å². The number of benzene rings is 2. The summed E-state index contributed by atoms with van der Waals surface area (Å²) in [5, 5.41) is 12.3. The number of nitriles is 1. The highest BCUT2D eigenvalue weighted by atomic mass is 35.5. The van der Waals surface area contributed by atoms with Crippen LogP contribution in [0.3, 0.4) is 0 Å². The number of hydrogen-bond donors (Lipinski definition) is 2. The van der Waals surface area contributed by atoms with Crippen LogP contribution in [0.2, 0.25) is 5.02 Å². The number of hydrogen-bond acceptors (Lipinski definition) is 3. The van der Waals surface area contributed by atoms with Crippen molar-refractivity contribution < 1.29 is 9.18 Å². The molecule has 2 aromatic rings. The molecule has 0 heterocycles. The minimum atomic E-state index is -0.892. The van der Waals surface area contributed by atoms with Crippen molar-refractivity contribution >= 4 is 23.2 Å². The molecule has 0 fully saturated rings. The van der Waals surface area contributed by atoms with Gasteiger partial charge in [-0.3, -0.25) is 4.79 Å². The fourth-order valence-corrected chi connectivity index (χ4v) is 2.06. The summed E-state index contributed by atoms with van der Waals surface area (Å²) in [7, 11) is 0. The van der Waals surface area contributed by atoms with Crippen LogP contribution in [0.1, 0.15) is 17.2 Å². The predicted octanol–water partition coefficient (Wildman–Crippen LogP) is 2.99. The molecule has 0 bridgehead atoms. The van der Waals surface area contributed by atoms with Gasteiger partial charge >= 0.3 is 0 Å². The molecule has 3 N–H and O–H groups in total. The molecule has 0 aliphatic rings. The van der Waals surface area contributed by atoms with E-state index in [1.807, 2.05) is 0 Å². The molecule has 6 heteroatoms. The summed E-state index contributed by atoms with van der Waals surface area (Å²) in [5.41, 5.74) is 6.22. The first kappa shape index (κ1) is 14.8. The largest absolute Gasteiger partial charge is 0.370 e. The van der Waals surface area contributed by atoms with Gasteiger partial charge in [0.25, 0.3) is 0 Å². The third kappa shape index (κ3) is 3.50. The lowest BCUT2D eigenvalue weighted by Gasteiger charge is -2.17. The zero-order chi connectivity index (χ0) is 15.4. The lowest BCUT2D eigenvalue weighted by molar-refractivity contribution is -0.118. The maximum atomic E-state index is 13.3.